The van der Waals surface area contributed by atoms with Crippen molar-refractivity contribution < 1.29 is 0 Å². The highest BCUT2D eigenvalue weighted by molar-refractivity contribution is 6.40. The van der Waals surface area contributed by atoms with E-state index in [4.69, 9.17) is 0 Å². The average Bonchev–Trinajstić information content (AvgIpc) is 3.62. The fourth-order valence-corrected chi connectivity index (χ4v) is 8.48. The molecule has 0 nitrogen and oxygen atoms in total. The zero-order chi connectivity index (χ0) is 29.9. The first-order valence-corrected chi connectivity index (χ1v) is 16.1. The van der Waals surface area contributed by atoms with E-state index in [1.165, 1.54) is 108 Å². The van der Waals surface area contributed by atoms with Gasteiger partial charge in [-0.2, -0.15) is 0 Å². The van der Waals surface area contributed by atoms with Crippen molar-refractivity contribution in [2.75, 3.05) is 0 Å². The van der Waals surface area contributed by atoms with Gasteiger partial charge in [0.15, 0.2) is 0 Å². The van der Waals surface area contributed by atoms with Crippen molar-refractivity contribution >= 4 is 86.2 Å². The Bertz CT molecular complexity index is 2780. The zero-order valence-electron chi connectivity index (χ0n) is 25.0. The van der Waals surface area contributed by atoms with Crippen molar-refractivity contribution in [1.29, 1.82) is 0 Å². The first kappa shape index (κ1) is 24.4. The topological polar surface area (TPSA) is 0 Å². The number of rotatable bonds is 2. The minimum absolute atomic E-state index is 1.25. The molecule has 0 aliphatic heterocycles. The Morgan fingerprint density at radius 1 is 0.174 bits per heavy atom. The Morgan fingerprint density at radius 3 is 0.913 bits per heavy atom. The van der Waals surface area contributed by atoms with Crippen LogP contribution >= 0.6 is 0 Å². The van der Waals surface area contributed by atoms with E-state index in [1.807, 2.05) is 0 Å². The van der Waals surface area contributed by atoms with Crippen LogP contribution in [-0.2, 0) is 0 Å². The predicted molar refractivity (Wildman–Crippen MR) is 200 cm³/mol. The third kappa shape index (κ3) is 3.13. The lowest BCUT2D eigenvalue weighted by Gasteiger charge is -2.12. The van der Waals surface area contributed by atoms with Gasteiger partial charge in [-0.1, -0.05) is 133 Å². The molecule has 0 bridgehead atoms. The fourth-order valence-electron chi connectivity index (χ4n) is 8.48. The van der Waals surface area contributed by atoms with Crippen LogP contribution in [0.4, 0.5) is 0 Å². The molecule has 0 radical (unpaired) electrons. The van der Waals surface area contributed by atoms with Gasteiger partial charge in [0.1, 0.15) is 0 Å². The van der Waals surface area contributed by atoms with Gasteiger partial charge in [-0.25, -0.2) is 0 Å². The molecule has 0 saturated carbocycles. The fraction of sp³-hybridized carbons (Fsp3) is 0. The molecule has 0 aliphatic carbocycles. The SMILES string of the molecule is c1ccc(-c2ccc3c(c2)c2cc4c5cc6c7cc(-c8ccccc8)ccc7c7cccc(c5ccc4c4cccc3c42)c76)cc1. The third-order valence-corrected chi connectivity index (χ3v) is 10.5. The molecule has 0 N–H and O–H groups in total. The van der Waals surface area contributed by atoms with E-state index in [1.54, 1.807) is 0 Å². The molecule has 0 heteroatoms. The van der Waals surface area contributed by atoms with Crippen molar-refractivity contribution in [3.05, 3.63) is 158 Å². The number of benzene rings is 9. The molecule has 210 valence electrons. The van der Waals surface area contributed by atoms with E-state index in [2.05, 4.69) is 158 Å². The molecule has 46 heavy (non-hydrogen) atoms. The number of hydrogen-bond acceptors (Lipinski definition) is 0. The molecule has 0 aromatic heterocycles. The standard InChI is InChI=1S/C46H26/c1-3-9-27(10-4-1)29-17-19-31-35-13-7-15-37-33-21-22-34-38-16-8-14-36-32-20-18-30(28-11-5-2-6-12-28)24-40(32)44(46(36)38)26-42(34)41(33)25-43(45(35)37)39(31)23-29/h1-26H. The second kappa shape index (κ2) is 8.81. The molecule has 0 fully saturated rings. The maximum atomic E-state index is 2.49. The molecule has 0 atom stereocenters. The summed E-state index contributed by atoms with van der Waals surface area (Å²) in [5.41, 5.74) is 5.02. The van der Waals surface area contributed by atoms with Crippen LogP contribution in [0.3, 0.4) is 0 Å². The van der Waals surface area contributed by atoms with E-state index >= 15 is 0 Å². The van der Waals surface area contributed by atoms with Crippen molar-refractivity contribution in [2.24, 2.45) is 0 Å². The van der Waals surface area contributed by atoms with Crippen molar-refractivity contribution in [3.63, 3.8) is 0 Å². The van der Waals surface area contributed by atoms with E-state index in [0.717, 1.165) is 0 Å². The van der Waals surface area contributed by atoms with E-state index in [9.17, 15) is 0 Å². The first-order valence-electron chi connectivity index (χ1n) is 16.1. The van der Waals surface area contributed by atoms with Crippen molar-refractivity contribution in [3.8, 4) is 22.3 Å². The van der Waals surface area contributed by atoms with Crippen molar-refractivity contribution in [1.82, 2.24) is 0 Å². The molecule has 0 spiro atoms. The molecule has 0 aliphatic rings. The van der Waals surface area contributed by atoms with Gasteiger partial charge in [-0.3, -0.25) is 0 Å². The molecule has 0 saturated heterocycles. The van der Waals surface area contributed by atoms with Gasteiger partial charge in [0, 0.05) is 0 Å². The Hall–Kier alpha value is -5.98. The largest absolute Gasteiger partial charge is 0.0622 e. The van der Waals surface area contributed by atoms with Crippen LogP contribution in [0.15, 0.2) is 158 Å². The van der Waals surface area contributed by atoms with Gasteiger partial charge in [0.05, 0.1) is 0 Å². The lowest BCUT2D eigenvalue weighted by Crippen LogP contribution is -1.84. The second-order valence-corrected chi connectivity index (χ2v) is 12.8. The normalized spacial score (nSPS) is 12.3. The summed E-state index contributed by atoms with van der Waals surface area (Å²) in [5, 5.41) is 21.4. The summed E-state index contributed by atoms with van der Waals surface area (Å²) in [6, 6.07) is 58.9. The molecule has 0 amide bonds. The van der Waals surface area contributed by atoms with Gasteiger partial charge in [-0.15, -0.1) is 0 Å². The summed E-state index contributed by atoms with van der Waals surface area (Å²) in [7, 11) is 0. The van der Waals surface area contributed by atoms with Crippen LogP contribution in [-0.4, -0.2) is 0 Å². The summed E-state index contributed by atoms with van der Waals surface area (Å²) in [4.78, 5) is 0. The first-order chi connectivity index (χ1) is 22.8. The highest BCUT2D eigenvalue weighted by Gasteiger charge is 2.19. The van der Waals surface area contributed by atoms with Crippen LogP contribution in [0, 0.1) is 0 Å². The average molecular weight is 579 g/mol. The molecule has 11 aromatic rings. The maximum absolute atomic E-state index is 2.49. The van der Waals surface area contributed by atoms with Crippen molar-refractivity contribution in [2.45, 2.75) is 0 Å². The molecule has 11 rings (SSSR count). The van der Waals surface area contributed by atoms with Crippen LogP contribution in [0.5, 0.6) is 0 Å². The molecular formula is C46H26. The highest BCUT2D eigenvalue weighted by Crippen LogP contribution is 2.47. The summed E-state index contributed by atoms with van der Waals surface area (Å²) in [5.74, 6) is 0. The summed E-state index contributed by atoms with van der Waals surface area (Å²) in [6.07, 6.45) is 0. The smallest absolute Gasteiger partial charge is 0.00199 e. The number of fused-ring (bicyclic) bond motifs is 11. The summed E-state index contributed by atoms with van der Waals surface area (Å²) in [6.45, 7) is 0. The molecular weight excluding hydrogens is 553 g/mol. The molecule has 0 unspecified atom stereocenters. The molecule has 11 aromatic carbocycles. The van der Waals surface area contributed by atoms with Gasteiger partial charge >= 0.3 is 0 Å². The quantitative estimate of drug-likeness (QED) is 0.179. The zero-order valence-corrected chi connectivity index (χ0v) is 25.0. The van der Waals surface area contributed by atoms with Gasteiger partial charge < -0.3 is 0 Å². The van der Waals surface area contributed by atoms with Gasteiger partial charge in [0.2, 0.25) is 0 Å². The van der Waals surface area contributed by atoms with Crippen LogP contribution in [0.2, 0.25) is 0 Å². The maximum Gasteiger partial charge on any atom is -0.00199 e. The van der Waals surface area contributed by atoms with Gasteiger partial charge in [-0.05, 0) is 133 Å². The third-order valence-electron chi connectivity index (χ3n) is 10.5. The van der Waals surface area contributed by atoms with Crippen LogP contribution < -0.4 is 0 Å². The van der Waals surface area contributed by atoms with E-state index < -0.39 is 0 Å². The van der Waals surface area contributed by atoms with Crippen LogP contribution in [0.25, 0.3) is 108 Å². The predicted octanol–water partition coefficient (Wildman–Crippen LogP) is 13.1. The van der Waals surface area contributed by atoms with E-state index in [0.29, 0.717) is 0 Å². The molecule has 0 heterocycles. The Morgan fingerprint density at radius 2 is 0.522 bits per heavy atom. The minimum Gasteiger partial charge on any atom is -0.0622 e. The monoisotopic (exact) mass is 578 g/mol. The van der Waals surface area contributed by atoms with Gasteiger partial charge in [0.25, 0.3) is 0 Å². The Kier molecular flexibility index (Phi) is 4.66. The lowest BCUT2D eigenvalue weighted by atomic mass is 9.91. The lowest BCUT2D eigenvalue weighted by molar-refractivity contribution is 1.66. The minimum atomic E-state index is 1.25. The summed E-state index contributed by atoms with van der Waals surface area (Å²) < 4.78 is 0. The Balaban J connectivity index is 1.29. The Labute approximate surface area is 265 Å². The summed E-state index contributed by atoms with van der Waals surface area (Å²) >= 11 is 0. The highest BCUT2D eigenvalue weighted by atomic mass is 14.2. The second-order valence-electron chi connectivity index (χ2n) is 12.8. The van der Waals surface area contributed by atoms with Crippen LogP contribution in [0.1, 0.15) is 0 Å². The number of hydrogen-bond donors (Lipinski definition) is 0. The van der Waals surface area contributed by atoms with E-state index in [-0.39, 0.29) is 0 Å².